The monoisotopic (exact) mass is 423 g/mol. The molecule has 0 aliphatic heterocycles. The molecule has 2 aromatic rings. The molecule has 1 saturated carbocycles. The normalized spacial score (nSPS) is 15.6. The second-order valence-corrected chi connectivity index (χ2v) is 10.4. The van der Waals surface area contributed by atoms with Gasteiger partial charge in [-0.15, -0.1) is 10.2 Å². The van der Waals surface area contributed by atoms with E-state index in [1.165, 1.54) is 38.0 Å². The van der Waals surface area contributed by atoms with Crippen LogP contribution in [0, 0.1) is 0 Å². The molecule has 1 aliphatic rings. The van der Waals surface area contributed by atoms with Crippen molar-refractivity contribution < 1.29 is 13.2 Å². The van der Waals surface area contributed by atoms with Crippen LogP contribution in [0.2, 0.25) is 0 Å². The minimum atomic E-state index is -3.56. The summed E-state index contributed by atoms with van der Waals surface area (Å²) in [6.45, 7) is 4.60. The molecule has 0 spiro atoms. The molecule has 1 heterocycles. The molecule has 8 nitrogen and oxygen atoms in total. The molecule has 0 saturated heterocycles. The number of carbonyl (C=O) groups excluding carboxylic acids is 1. The van der Waals surface area contributed by atoms with Gasteiger partial charge in [-0.25, -0.2) is 12.7 Å². The lowest BCUT2D eigenvalue weighted by atomic mass is 10.3. The van der Waals surface area contributed by atoms with E-state index in [-0.39, 0.29) is 10.8 Å². The highest BCUT2D eigenvalue weighted by molar-refractivity contribution is 8.00. The minimum absolute atomic E-state index is 0.135. The van der Waals surface area contributed by atoms with Crippen LogP contribution in [0.3, 0.4) is 0 Å². The number of aromatic nitrogens is 3. The molecule has 10 heteroatoms. The van der Waals surface area contributed by atoms with Gasteiger partial charge in [0.2, 0.25) is 15.9 Å². The molecule has 1 atom stereocenters. The van der Waals surface area contributed by atoms with Crippen molar-refractivity contribution in [2.45, 2.75) is 54.5 Å². The molecule has 28 heavy (non-hydrogen) atoms. The number of thioether (sulfide) groups is 1. The van der Waals surface area contributed by atoms with Gasteiger partial charge in [0, 0.05) is 32.2 Å². The fourth-order valence-corrected chi connectivity index (χ4v) is 4.60. The second kappa shape index (κ2) is 8.22. The van der Waals surface area contributed by atoms with E-state index in [4.69, 9.17) is 0 Å². The van der Waals surface area contributed by atoms with Crippen LogP contribution in [-0.2, 0) is 21.4 Å². The van der Waals surface area contributed by atoms with Crippen molar-refractivity contribution in [2.75, 3.05) is 19.4 Å². The Morgan fingerprint density at radius 3 is 2.68 bits per heavy atom. The summed E-state index contributed by atoms with van der Waals surface area (Å²) in [5.41, 5.74) is 0.441. The highest BCUT2D eigenvalue weighted by Gasteiger charge is 2.30. The first kappa shape index (κ1) is 20.8. The second-order valence-electron chi connectivity index (χ2n) is 6.92. The number of anilines is 1. The van der Waals surface area contributed by atoms with Crippen LogP contribution in [0.5, 0.6) is 0 Å². The molecule has 0 radical (unpaired) electrons. The van der Waals surface area contributed by atoms with E-state index in [0.29, 0.717) is 11.6 Å². The first-order valence-corrected chi connectivity index (χ1v) is 11.5. The third-order valence-electron chi connectivity index (χ3n) is 4.54. The van der Waals surface area contributed by atoms with E-state index < -0.39 is 15.3 Å². The highest BCUT2D eigenvalue weighted by Crippen LogP contribution is 2.40. The topological polar surface area (TPSA) is 97.2 Å². The maximum atomic E-state index is 12.6. The number of nitrogens with one attached hydrogen (secondary N) is 1. The fourth-order valence-electron chi connectivity index (χ4n) is 2.73. The average molecular weight is 424 g/mol. The van der Waals surface area contributed by atoms with Crippen molar-refractivity contribution in [1.82, 2.24) is 19.1 Å². The van der Waals surface area contributed by atoms with Gasteiger partial charge < -0.3 is 9.88 Å². The summed E-state index contributed by atoms with van der Waals surface area (Å²) >= 11 is 1.35. The Kier molecular flexibility index (Phi) is 6.11. The van der Waals surface area contributed by atoms with Crippen LogP contribution >= 0.6 is 11.8 Å². The molecule has 3 rings (SSSR count). The number of hydrogen-bond acceptors (Lipinski definition) is 6. The molecule has 1 aliphatic carbocycles. The predicted octanol–water partition coefficient (Wildman–Crippen LogP) is 2.55. The lowest BCUT2D eigenvalue weighted by Gasteiger charge is -2.15. The standard InChI is InChI=1S/C18H25N5O3S2/c1-5-23-16(13-9-10-13)20-21-18(23)27-12(2)17(24)19-14-7-6-8-15(11-14)28(25,26)22(3)4/h6-8,11-13H,5,9-10H2,1-4H3,(H,19,24)/t12-/m0/s1. The van der Waals surface area contributed by atoms with Crippen LogP contribution < -0.4 is 5.32 Å². The first-order chi connectivity index (χ1) is 13.2. The van der Waals surface area contributed by atoms with Crippen LogP contribution in [-0.4, -0.2) is 52.7 Å². The van der Waals surface area contributed by atoms with Crippen molar-refractivity contribution in [2.24, 2.45) is 0 Å². The van der Waals surface area contributed by atoms with Crippen molar-refractivity contribution in [3.05, 3.63) is 30.1 Å². The summed E-state index contributed by atoms with van der Waals surface area (Å²) in [6.07, 6.45) is 2.29. The summed E-state index contributed by atoms with van der Waals surface area (Å²) in [5.74, 6) is 1.27. The summed E-state index contributed by atoms with van der Waals surface area (Å²) in [5, 5.41) is 11.7. The van der Waals surface area contributed by atoms with Crippen LogP contribution in [0.4, 0.5) is 5.69 Å². The van der Waals surface area contributed by atoms with Crippen molar-refractivity contribution in [3.8, 4) is 0 Å². The predicted molar refractivity (Wildman–Crippen MR) is 109 cm³/mol. The first-order valence-electron chi connectivity index (χ1n) is 9.17. The van der Waals surface area contributed by atoms with Gasteiger partial charge in [-0.1, -0.05) is 17.8 Å². The summed E-state index contributed by atoms with van der Waals surface area (Å²) < 4.78 is 27.7. The van der Waals surface area contributed by atoms with Gasteiger partial charge in [0.25, 0.3) is 0 Å². The summed E-state index contributed by atoms with van der Waals surface area (Å²) in [4.78, 5) is 12.7. The molecule has 1 amide bonds. The molecule has 152 valence electrons. The molecule has 1 N–H and O–H groups in total. The van der Waals surface area contributed by atoms with E-state index >= 15 is 0 Å². The van der Waals surface area contributed by atoms with E-state index in [9.17, 15) is 13.2 Å². The van der Waals surface area contributed by atoms with Gasteiger partial charge >= 0.3 is 0 Å². The number of amides is 1. The molecular weight excluding hydrogens is 398 g/mol. The fraction of sp³-hybridized carbons (Fsp3) is 0.500. The Morgan fingerprint density at radius 2 is 2.07 bits per heavy atom. The number of nitrogens with zero attached hydrogens (tertiary/aromatic N) is 4. The van der Waals surface area contributed by atoms with Crippen LogP contribution in [0.25, 0.3) is 0 Å². The lowest BCUT2D eigenvalue weighted by Crippen LogP contribution is -2.24. The number of carbonyl (C=O) groups is 1. The molecule has 1 aromatic heterocycles. The minimum Gasteiger partial charge on any atom is -0.325 e. The molecular formula is C18H25N5O3S2. The van der Waals surface area contributed by atoms with E-state index in [1.807, 2.05) is 6.92 Å². The molecule has 0 bridgehead atoms. The van der Waals surface area contributed by atoms with E-state index in [1.54, 1.807) is 19.1 Å². The largest absolute Gasteiger partial charge is 0.325 e. The van der Waals surface area contributed by atoms with Crippen molar-refractivity contribution in [3.63, 3.8) is 0 Å². The molecule has 0 unspecified atom stereocenters. The Labute approximate surface area is 169 Å². The third kappa shape index (κ3) is 4.39. The molecule has 1 aromatic carbocycles. The Balaban J connectivity index is 1.70. The van der Waals surface area contributed by atoms with Crippen molar-refractivity contribution >= 4 is 33.4 Å². The maximum Gasteiger partial charge on any atom is 0.242 e. The van der Waals surface area contributed by atoms with Gasteiger partial charge in [-0.3, -0.25) is 4.79 Å². The highest BCUT2D eigenvalue weighted by atomic mass is 32.2. The summed E-state index contributed by atoms with van der Waals surface area (Å²) in [6, 6.07) is 6.25. The lowest BCUT2D eigenvalue weighted by molar-refractivity contribution is -0.115. The Morgan fingerprint density at radius 1 is 1.36 bits per heavy atom. The van der Waals surface area contributed by atoms with Gasteiger partial charge in [0.15, 0.2) is 5.16 Å². The van der Waals surface area contributed by atoms with E-state index in [0.717, 1.165) is 34.7 Å². The molecule has 1 fully saturated rings. The van der Waals surface area contributed by atoms with Gasteiger partial charge in [-0.05, 0) is 44.9 Å². The smallest absolute Gasteiger partial charge is 0.242 e. The zero-order valence-corrected chi connectivity index (χ0v) is 18.0. The Hall–Kier alpha value is -1.91. The summed E-state index contributed by atoms with van der Waals surface area (Å²) in [7, 11) is -0.615. The zero-order valence-electron chi connectivity index (χ0n) is 16.4. The van der Waals surface area contributed by atoms with Gasteiger partial charge in [0.1, 0.15) is 5.82 Å². The number of rotatable bonds is 8. The van der Waals surface area contributed by atoms with Crippen molar-refractivity contribution in [1.29, 1.82) is 0 Å². The van der Waals surface area contributed by atoms with E-state index in [2.05, 4.69) is 20.1 Å². The van der Waals surface area contributed by atoms with Gasteiger partial charge in [-0.2, -0.15) is 0 Å². The average Bonchev–Trinajstić information content (AvgIpc) is 3.42. The number of benzene rings is 1. The van der Waals surface area contributed by atoms with Crippen LogP contribution in [0.15, 0.2) is 34.3 Å². The van der Waals surface area contributed by atoms with Gasteiger partial charge in [0.05, 0.1) is 10.1 Å². The van der Waals surface area contributed by atoms with Crippen LogP contribution in [0.1, 0.15) is 38.4 Å². The zero-order chi connectivity index (χ0) is 20.5. The number of hydrogen-bond donors (Lipinski definition) is 1. The number of sulfonamides is 1. The quantitative estimate of drug-likeness (QED) is 0.656. The third-order valence-corrected chi connectivity index (χ3v) is 7.43. The SMILES string of the molecule is CCn1c(S[C@@H](C)C(=O)Nc2cccc(S(=O)(=O)N(C)C)c2)nnc1C1CC1. The maximum absolute atomic E-state index is 12.6. The Bertz CT molecular complexity index is 967.